The van der Waals surface area contributed by atoms with E-state index in [1.165, 1.54) is 6.20 Å². The van der Waals surface area contributed by atoms with E-state index in [4.69, 9.17) is 11.6 Å². The summed E-state index contributed by atoms with van der Waals surface area (Å²) >= 11 is 5.94. The van der Waals surface area contributed by atoms with Gasteiger partial charge in [-0.2, -0.15) is 18.3 Å². The summed E-state index contributed by atoms with van der Waals surface area (Å²) in [6, 6.07) is 18.5. The number of Topliss-reactive ketones (excluding diaryl/α,β-unsaturated/α-hetero) is 1. The van der Waals surface area contributed by atoms with Crippen molar-refractivity contribution in [1.82, 2.24) is 9.78 Å². The molecule has 0 bridgehead atoms. The zero-order chi connectivity index (χ0) is 24.6. The van der Waals surface area contributed by atoms with Crippen molar-refractivity contribution in [2.45, 2.75) is 43.9 Å². The number of benzene rings is 3. The molecule has 0 saturated carbocycles. The number of aromatic nitrogens is 2. The highest BCUT2D eigenvalue weighted by Gasteiger charge is 2.47. The third-order valence-corrected chi connectivity index (χ3v) is 6.75. The number of carbonyl (C=O) groups excluding carboxylic acids is 1. The van der Waals surface area contributed by atoms with Crippen LogP contribution in [0.15, 0.2) is 72.9 Å². The first-order valence-electron chi connectivity index (χ1n) is 11.5. The normalized spacial score (nSPS) is 17.7. The molecule has 0 radical (unpaired) electrons. The number of carbonyl (C=O) groups is 1. The molecule has 2 unspecified atom stereocenters. The number of hydrogen-bond acceptors (Lipinski definition) is 3. The number of aryl methyl sites for hydroxylation is 1. The fraction of sp³-hybridized carbons (Fsp3) is 0.259. The van der Waals surface area contributed by atoms with Crippen LogP contribution in [0.25, 0.3) is 10.8 Å². The second-order valence-corrected chi connectivity index (χ2v) is 9.29. The van der Waals surface area contributed by atoms with Gasteiger partial charge in [0.15, 0.2) is 11.8 Å². The number of fused-ring (bicyclic) bond motifs is 2. The zero-order valence-electron chi connectivity index (χ0n) is 18.7. The van der Waals surface area contributed by atoms with Crippen LogP contribution in [0.2, 0.25) is 5.02 Å². The van der Waals surface area contributed by atoms with E-state index in [1.807, 2.05) is 30.3 Å². The molecule has 8 heteroatoms. The van der Waals surface area contributed by atoms with Gasteiger partial charge in [-0.15, -0.1) is 0 Å². The third-order valence-electron chi connectivity index (χ3n) is 6.49. The Hall–Kier alpha value is -3.32. The number of nitrogens with zero attached hydrogens (tertiary/aromatic N) is 2. The molecule has 1 aliphatic rings. The third kappa shape index (κ3) is 4.91. The molecule has 0 spiro atoms. The average Bonchev–Trinajstić information content (AvgIpc) is 3.27. The summed E-state index contributed by atoms with van der Waals surface area (Å²) in [5, 5.41) is 9.88. The van der Waals surface area contributed by atoms with Crippen LogP contribution in [0.5, 0.6) is 0 Å². The Morgan fingerprint density at radius 1 is 1.06 bits per heavy atom. The van der Waals surface area contributed by atoms with Gasteiger partial charge in [0, 0.05) is 17.9 Å². The maximum absolute atomic E-state index is 13.9. The summed E-state index contributed by atoms with van der Waals surface area (Å²) in [4.78, 5) is 13.0. The number of hydrogen-bond donors (Lipinski definition) is 1. The van der Waals surface area contributed by atoms with Crippen LogP contribution in [0, 0.1) is 0 Å². The summed E-state index contributed by atoms with van der Waals surface area (Å²) in [5.74, 6) is -0.105. The van der Waals surface area contributed by atoms with Crippen molar-refractivity contribution in [3.63, 3.8) is 0 Å². The molecular weight excluding hydrogens is 475 g/mol. The van der Waals surface area contributed by atoms with Crippen LogP contribution in [-0.4, -0.2) is 21.7 Å². The maximum atomic E-state index is 13.9. The lowest BCUT2D eigenvalue weighted by molar-refractivity contribution is -0.173. The van der Waals surface area contributed by atoms with Crippen LogP contribution in [0.1, 0.15) is 52.8 Å². The topological polar surface area (TPSA) is 46.9 Å². The van der Waals surface area contributed by atoms with Crippen molar-refractivity contribution in [2.75, 3.05) is 5.32 Å². The molecule has 1 N–H and O–H groups in total. The van der Waals surface area contributed by atoms with Crippen molar-refractivity contribution in [3.05, 3.63) is 94.6 Å². The number of nitrogens with one attached hydrogen (secondary N) is 1. The minimum atomic E-state index is -4.50. The molecule has 2 heterocycles. The highest BCUT2D eigenvalue weighted by Crippen LogP contribution is 2.44. The Kier molecular flexibility index (Phi) is 6.28. The monoisotopic (exact) mass is 497 g/mol. The van der Waals surface area contributed by atoms with Crippen molar-refractivity contribution >= 4 is 34.0 Å². The molecule has 2 atom stereocenters. The first-order valence-corrected chi connectivity index (χ1v) is 11.8. The largest absolute Gasteiger partial charge is 0.410 e. The predicted molar refractivity (Wildman–Crippen MR) is 131 cm³/mol. The SMILES string of the molecule is O=C(CCCc1ccc2ccccc2c1)c1cnn2c1NC(c1ccc(Cl)cc1)CC2C(F)(F)F. The Balaban J connectivity index is 1.33. The number of ketones is 1. The molecule has 0 saturated heterocycles. The van der Waals surface area contributed by atoms with Crippen molar-refractivity contribution in [3.8, 4) is 0 Å². The Labute approximate surface area is 205 Å². The molecule has 4 aromatic rings. The molecule has 3 aromatic carbocycles. The standard InChI is InChI=1S/C27H23ClF3N3O/c28-21-12-10-19(11-13-21)23-15-25(27(29,30)31)34-26(33-23)22(16-32-34)24(35)7-3-4-17-8-9-18-5-1-2-6-20(18)14-17/h1-2,5-6,8-14,16,23,25,33H,3-4,7,15H2. The van der Waals surface area contributed by atoms with Crippen LogP contribution in [-0.2, 0) is 6.42 Å². The van der Waals surface area contributed by atoms with Gasteiger partial charge in [0.2, 0.25) is 0 Å². The second kappa shape index (κ2) is 9.38. The molecule has 35 heavy (non-hydrogen) atoms. The fourth-order valence-electron chi connectivity index (χ4n) is 4.66. The van der Waals surface area contributed by atoms with E-state index in [-0.39, 0.29) is 30.0 Å². The second-order valence-electron chi connectivity index (χ2n) is 8.85. The lowest BCUT2D eigenvalue weighted by Crippen LogP contribution is -2.36. The number of rotatable bonds is 6. The van der Waals surface area contributed by atoms with E-state index in [0.717, 1.165) is 21.0 Å². The average molecular weight is 498 g/mol. The summed E-state index contributed by atoms with van der Waals surface area (Å²) in [6.45, 7) is 0. The molecule has 1 aromatic heterocycles. The minimum absolute atomic E-state index is 0.120. The van der Waals surface area contributed by atoms with Gasteiger partial charge in [0.1, 0.15) is 5.82 Å². The summed E-state index contributed by atoms with van der Waals surface area (Å²) in [5.41, 5.74) is 1.98. The molecule has 1 aliphatic heterocycles. The van der Waals surface area contributed by atoms with Crippen molar-refractivity contribution < 1.29 is 18.0 Å². The molecule has 0 amide bonds. The van der Waals surface area contributed by atoms with Gasteiger partial charge in [0.05, 0.1) is 17.8 Å². The predicted octanol–water partition coefficient (Wildman–Crippen LogP) is 7.56. The van der Waals surface area contributed by atoms with Crippen LogP contribution in [0.4, 0.5) is 19.0 Å². The van der Waals surface area contributed by atoms with E-state index < -0.39 is 18.3 Å². The first kappa shape index (κ1) is 23.4. The van der Waals surface area contributed by atoms with Gasteiger partial charge in [-0.25, -0.2) is 4.68 Å². The van der Waals surface area contributed by atoms with Crippen molar-refractivity contribution in [1.29, 1.82) is 0 Å². The van der Waals surface area contributed by atoms with Gasteiger partial charge >= 0.3 is 6.18 Å². The lowest BCUT2D eigenvalue weighted by atomic mass is 9.96. The van der Waals surface area contributed by atoms with Crippen LogP contribution >= 0.6 is 11.6 Å². The van der Waals surface area contributed by atoms with Gasteiger partial charge in [-0.05, 0) is 46.9 Å². The van der Waals surface area contributed by atoms with Gasteiger partial charge in [-0.3, -0.25) is 4.79 Å². The maximum Gasteiger partial charge on any atom is 0.410 e. The summed E-state index contributed by atoms with van der Waals surface area (Å²) < 4.78 is 42.6. The fourth-order valence-corrected chi connectivity index (χ4v) is 4.79. The highest BCUT2D eigenvalue weighted by molar-refractivity contribution is 6.30. The molecule has 0 fully saturated rings. The first-order chi connectivity index (χ1) is 16.8. The molecular formula is C27H23ClF3N3O. The van der Waals surface area contributed by atoms with E-state index in [9.17, 15) is 18.0 Å². The molecule has 180 valence electrons. The minimum Gasteiger partial charge on any atom is -0.363 e. The van der Waals surface area contributed by atoms with E-state index in [1.54, 1.807) is 24.3 Å². The van der Waals surface area contributed by atoms with Gasteiger partial charge in [0.25, 0.3) is 0 Å². The van der Waals surface area contributed by atoms with Gasteiger partial charge in [-0.1, -0.05) is 66.2 Å². The van der Waals surface area contributed by atoms with E-state index in [2.05, 4.69) is 22.5 Å². The van der Waals surface area contributed by atoms with Crippen LogP contribution < -0.4 is 5.32 Å². The number of anilines is 1. The van der Waals surface area contributed by atoms with Crippen molar-refractivity contribution in [2.24, 2.45) is 0 Å². The Morgan fingerprint density at radius 2 is 1.80 bits per heavy atom. The lowest BCUT2D eigenvalue weighted by Gasteiger charge is -2.34. The zero-order valence-corrected chi connectivity index (χ0v) is 19.5. The number of alkyl halides is 3. The smallest absolute Gasteiger partial charge is 0.363 e. The number of halogens is 4. The summed E-state index contributed by atoms with van der Waals surface area (Å²) in [7, 11) is 0. The molecule has 5 rings (SSSR count). The summed E-state index contributed by atoms with van der Waals surface area (Å²) in [6.07, 6.45) is -1.96. The highest BCUT2D eigenvalue weighted by atomic mass is 35.5. The van der Waals surface area contributed by atoms with Gasteiger partial charge < -0.3 is 5.32 Å². The molecule has 4 nitrogen and oxygen atoms in total. The molecule has 0 aliphatic carbocycles. The van der Waals surface area contributed by atoms with E-state index >= 15 is 0 Å². The quantitative estimate of drug-likeness (QED) is 0.280. The van der Waals surface area contributed by atoms with Crippen LogP contribution in [0.3, 0.4) is 0 Å². The Bertz CT molecular complexity index is 1360. The van der Waals surface area contributed by atoms with E-state index in [0.29, 0.717) is 23.4 Å². The Morgan fingerprint density at radius 3 is 2.54 bits per heavy atom.